The molecule has 0 aromatic heterocycles. The number of fused-ring (bicyclic) bond motifs is 3. The van der Waals surface area contributed by atoms with Crippen LogP contribution in [0.5, 0.6) is 0 Å². The van der Waals surface area contributed by atoms with E-state index in [1.807, 2.05) is 12.1 Å². The summed E-state index contributed by atoms with van der Waals surface area (Å²) in [5.74, 6) is 0.651. The van der Waals surface area contributed by atoms with Gasteiger partial charge in [0, 0.05) is 17.6 Å². The lowest BCUT2D eigenvalue weighted by molar-refractivity contribution is 0.411. The van der Waals surface area contributed by atoms with E-state index >= 15 is 0 Å². The number of benzene rings is 2. The Bertz CT molecular complexity index is 1070. The molecule has 0 spiro atoms. The van der Waals surface area contributed by atoms with Crippen LogP contribution in [0, 0.1) is 12.8 Å². The topological polar surface area (TPSA) is 58.2 Å². The summed E-state index contributed by atoms with van der Waals surface area (Å²) in [7, 11) is -3.50. The minimum Gasteiger partial charge on any atom is -0.378 e. The number of hydrogen-bond acceptors (Lipinski definition) is 3. The summed E-state index contributed by atoms with van der Waals surface area (Å²) in [5, 5.41) is 3.73. The van der Waals surface area contributed by atoms with Crippen LogP contribution in [0.3, 0.4) is 0 Å². The van der Waals surface area contributed by atoms with Crippen LogP contribution in [0.25, 0.3) is 0 Å². The summed E-state index contributed by atoms with van der Waals surface area (Å²) < 4.78 is 29.1. The Labute approximate surface area is 179 Å². The van der Waals surface area contributed by atoms with Crippen LogP contribution >= 0.6 is 0 Å². The van der Waals surface area contributed by atoms with E-state index in [9.17, 15) is 8.42 Å². The van der Waals surface area contributed by atoms with Gasteiger partial charge in [-0.3, -0.25) is 0 Å². The third-order valence-corrected chi connectivity index (χ3v) is 8.61. The van der Waals surface area contributed by atoms with Crippen molar-refractivity contribution in [1.29, 1.82) is 0 Å². The van der Waals surface area contributed by atoms with E-state index < -0.39 is 10.0 Å². The molecule has 2 aliphatic carbocycles. The molecule has 0 bridgehead atoms. The van der Waals surface area contributed by atoms with Gasteiger partial charge in [0.25, 0.3) is 0 Å². The Balaban J connectivity index is 1.47. The minimum absolute atomic E-state index is 0.0717. The molecule has 3 aliphatic rings. The Kier molecular flexibility index (Phi) is 5.19. The zero-order chi connectivity index (χ0) is 20.7. The van der Waals surface area contributed by atoms with Crippen molar-refractivity contribution in [3.8, 4) is 0 Å². The molecule has 3 atom stereocenters. The van der Waals surface area contributed by atoms with Crippen LogP contribution in [-0.2, 0) is 10.0 Å². The van der Waals surface area contributed by atoms with E-state index in [1.54, 1.807) is 6.07 Å². The monoisotopic (exact) mass is 422 g/mol. The number of aryl methyl sites for hydroxylation is 1. The van der Waals surface area contributed by atoms with Gasteiger partial charge in [0.15, 0.2) is 0 Å². The van der Waals surface area contributed by atoms with Crippen LogP contribution in [0.15, 0.2) is 59.5 Å². The standard InChI is InChI=1S/C25H30N2O2S/c1-17-8-5-6-11-20(17)25-22-13-7-12-21(22)23-16-19(14-15-24(23)26-25)30(28,29)27-18-9-3-2-4-10-18/h5-8,11-12,14-16,18,21-22,25-27H,2-4,9-10,13H2,1H3. The van der Waals surface area contributed by atoms with Crippen LogP contribution in [0.4, 0.5) is 5.69 Å². The Morgan fingerprint density at radius 3 is 2.60 bits per heavy atom. The number of anilines is 1. The fourth-order valence-corrected chi connectivity index (χ4v) is 6.83. The summed E-state index contributed by atoms with van der Waals surface area (Å²) in [6, 6.07) is 14.5. The maximum Gasteiger partial charge on any atom is 0.240 e. The molecule has 0 saturated heterocycles. The molecular formula is C25H30N2O2S. The van der Waals surface area contributed by atoms with Gasteiger partial charge in [0.2, 0.25) is 10.0 Å². The third kappa shape index (κ3) is 3.58. The summed E-state index contributed by atoms with van der Waals surface area (Å²) in [6.45, 7) is 2.16. The first kappa shape index (κ1) is 19.8. The van der Waals surface area contributed by atoms with Gasteiger partial charge < -0.3 is 5.32 Å². The molecular weight excluding hydrogens is 392 g/mol. The lowest BCUT2D eigenvalue weighted by Gasteiger charge is -2.38. The van der Waals surface area contributed by atoms with Crippen molar-refractivity contribution in [2.45, 2.75) is 68.3 Å². The second-order valence-electron chi connectivity index (χ2n) is 9.04. The maximum absolute atomic E-state index is 13.1. The smallest absolute Gasteiger partial charge is 0.240 e. The first-order chi connectivity index (χ1) is 14.5. The predicted molar refractivity (Wildman–Crippen MR) is 121 cm³/mol. The normalized spacial score (nSPS) is 26.1. The molecule has 1 aliphatic heterocycles. The summed E-state index contributed by atoms with van der Waals surface area (Å²) >= 11 is 0. The molecule has 5 heteroatoms. The van der Waals surface area contributed by atoms with Crippen molar-refractivity contribution in [3.05, 3.63) is 71.3 Å². The van der Waals surface area contributed by atoms with Gasteiger partial charge in [-0.2, -0.15) is 0 Å². The molecule has 5 rings (SSSR count). The number of nitrogens with one attached hydrogen (secondary N) is 2. The van der Waals surface area contributed by atoms with Gasteiger partial charge >= 0.3 is 0 Å². The van der Waals surface area contributed by atoms with Gasteiger partial charge in [0.05, 0.1) is 10.9 Å². The van der Waals surface area contributed by atoms with E-state index in [0.717, 1.165) is 43.4 Å². The summed E-state index contributed by atoms with van der Waals surface area (Å²) in [6.07, 6.45) is 10.8. The van der Waals surface area contributed by atoms with Crippen LogP contribution in [-0.4, -0.2) is 14.5 Å². The third-order valence-electron chi connectivity index (χ3n) is 7.10. The van der Waals surface area contributed by atoms with Crippen molar-refractivity contribution in [2.75, 3.05) is 5.32 Å². The second kappa shape index (κ2) is 7.86. The zero-order valence-corrected chi connectivity index (χ0v) is 18.3. The largest absolute Gasteiger partial charge is 0.378 e. The molecule has 158 valence electrons. The van der Waals surface area contributed by atoms with Gasteiger partial charge in [-0.15, -0.1) is 0 Å². The maximum atomic E-state index is 13.1. The van der Waals surface area contributed by atoms with Crippen molar-refractivity contribution in [2.24, 2.45) is 5.92 Å². The summed E-state index contributed by atoms with van der Waals surface area (Å²) in [5.41, 5.74) is 4.77. The molecule has 1 heterocycles. The molecule has 2 aromatic rings. The van der Waals surface area contributed by atoms with E-state index in [0.29, 0.717) is 10.8 Å². The van der Waals surface area contributed by atoms with Crippen molar-refractivity contribution >= 4 is 15.7 Å². The fraction of sp³-hybridized carbons (Fsp3) is 0.440. The quantitative estimate of drug-likeness (QED) is 0.646. The molecule has 0 amide bonds. The minimum atomic E-state index is -3.50. The number of hydrogen-bond donors (Lipinski definition) is 2. The van der Waals surface area contributed by atoms with Crippen LogP contribution < -0.4 is 10.0 Å². The van der Waals surface area contributed by atoms with Crippen molar-refractivity contribution < 1.29 is 8.42 Å². The highest BCUT2D eigenvalue weighted by atomic mass is 32.2. The lowest BCUT2D eigenvalue weighted by Crippen LogP contribution is -2.36. The van der Waals surface area contributed by atoms with Crippen molar-refractivity contribution in [3.63, 3.8) is 0 Å². The highest BCUT2D eigenvalue weighted by Crippen LogP contribution is 2.50. The fourth-order valence-electron chi connectivity index (χ4n) is 5.49. The Morgan fingerprint density at radius 2 is 1.80 bits per heavy atom. The Morgan fingerprint density at radius 1 is 1.00 bits per heavy atom. The molecule has 1 fully saturated rings. The summed E-state index contributed by atoms with van der Waals surface area (Å²) in [4.78, 5) is 0.391. The lowest BCUT2D eigenvalue weighted by atomic mass is 9.76. The zero-order valence-electron chi connectivity index (χ0n) is 17.5. The van der Waals surface area contributed by atoms with Crippen molar-refractivity contribution in [1.82, 2.24) is 4.72 Å². The second-order valence-corrected chi connectivity index (χ2v) is 10.8. The molecule has 3 unspecified atom stereocenters. The predicted octanol–water partition coefficient (Wildman–Crippen LogP) is 5.43. The number of rotatable bonds is 4. The van der Waals surface area contributed by atoms with Crippen LogP contribution in [0.2, 0.25) is 0 Å². The number of sulfonamides is 1. The van der Waals surface area contributed by atoms with E-state index in [1.165, 1.54) is 17.5 Å². The first-order valence-corrected chi connectivity index (χ1v) is 12.7. The van der Waals surface area contributed by atoms with E-state index in [4.69, 9.17) is 0 Å². The molecule has 0 radical (unpaired) electrons. The highest BCUT2D eigenvalue weighted by molar-refractivity contribution is 7.89. The van der Waals surface area contributed by atoms with Gasteiger partial charge in [-0.05, 0) is 67.0 Å². The van der Waals surface area contributed by atoms with E-state index in [2.05, 4.69) is 53.4 Å². The Hall–Kier alpha value is -2.11. The number of allylic oxidation sites excluding steroid dienone is 2. The highest BCUT2D eigenvalue weighted by Gasteiger charge is 2.39. The van der Waals surface area contributed by atoms with Gasteiger partial charge in [0.1, 0.15) is 0 Å². The SMILES string of the molecule is Cc1ccccc1C1Nc2ccc(S(=O)(=O)NC3CCCCC3)cc2C2C=CCC21. The average Bonchev–Trinajstić information content (AvgIpc) is 3.24. The first-order valence-electron chi connectivity index (χ1n) is 11.2. The van der Waals surface area contributed by atoms with E-state index in [-0.39, 0.29) is 18.0 Å². The molecule has 2 N–H and O–H groups in total. The van der Waals surface area contributed by atoms with Crippen LogP contribution in [0.1, 0.15) is 67.2 Å². The van der Waals surface area contributed by atoms with Gasteiger partial charge in [-0.25, -0.2) is 13.1 Å². The molecule has 4 nitrogen and oxygen atoms in total. The molecule has 2 aromatic carbocycles. The molecule has 30 heavy (non-hydrogen) atoms. The average molecular weight is 423 g/mol. The van der Waals surface area contributed by atoms with Gasteiger partial charge in [-0.1, -0.05) is 55.7 Å². The molecule has 1 saturated carbocycles.